The van der Waals surface area contributed by atoms with E-state index in [9.17, 15) is 9.59 Å². The van der Waals surface area contributed by atoms with E-state index < -0.39 is 0 Å². The van der Waals surface area contributed by atoms with Gasteiger partial charge in [0.05, 0.1) is 23.5 Å². The molecule has 0 spiro atoms. The number of para-hydroxylation sites is 2. The van der Waals surface area contributed by atoms with Crippen LogP contribution in [0.2, 0.25) is 0 Å². The van der Waals surface area contributed by atoms with E-state index in [1.54, 1.807) is 11.3 Å². The Morgan fingerprint density at radius 3 is 2.53 bits per heavy atom. The number of fused-ring (bicyclic) bond motifs is 1. The molecule has 0 unspecified atom stereocenters. The zero-order valence-corrected chi connectivity index (χ0v) is 18.0. The zero-order chi connectivity index (χ0) is 21.3. The fraction of sp³-hybridized carbons (Fsp3) is 0.208. The molecule has 1 aromatic heterocycles. The van der Waals surface area contributed by atoms with Crippen molar-refractivity contribution < 1.29 is 9.59 Å². The lowest BCUT2D eigenvalue weighted by molar-refractivity contribution is -0.120. The van der Waals surface area contributed by atoms with Crippen LogP contribution in [0.3, 0.4) is 0 Å². The maximum absolute atomic E-state index is 13.1. The number of carbonyl (C=O) groups excluding carboxylic acids is 2. The summed E-state index contributed by atoms with van der Waals surface area (Å²) in [5.41, 5.74) is 6.05. The van der Waals surface area contributed by atoms with E-state index in [0.717, 1.165) is 33.0 Å². The molecule has 30 heavy (non-hydrogen) atoms. The molecule has 1 N–H and O–H groups in total. The summed E-state index contributed by atoms with van der Waals surface area (Å²) < 4.78 is 0. The number of nitrogens with one attached hydrogen (secondary N) is 1. The Kier molecular flexibility index (Phi) is 5.50. The van der Waals surface area contributed by atoms with Gasteiger partial charge < -0.3 is 10.2 Å². The van der Waals surface area contributed by atoms with Gasteiger partial charge in [-0.05, 0) is 55.5 Å². The molecule has 0 radical (unpaired) electrons. The second-order valence-corrected chi connectivity index (χ2v) is 8.45. The first-order chi connectivity index (χ1) is 14.4. The van der Waals surface area contributed by atoms with E-state index in [1.807, 2.05) is 74.7 Å². The summed E-state index contributed by atoms with van der Waals surface area (Å²) in [5.74, 6) is -0.368. The minimum atomic E-state index is -0.229. The number of carbonyl (C=O) groups is 2. The topological polar surface area (TPSA) is 61.8 Å². The number of thiophene rings is 1. The Balaban J connectivity index is 1.61. The molecule has 152 valence electrons. The van der Waals surface area contributed by atoms with Crippen molar-refractivity contribution in [3.63, 3.8) is 0 Å². The Morgan fingerprint density at radius 1 is 1.10 bits per heavy atom. The van der Waals surface area contributed by atoms with E-state index in [4.69, 9.17) is 4.99 Å². The summed E-state index contributed by atoms with van der Waals surface area (Å²) in [5, 5.41) is 4.96. The summed E-state index contributed by atoms with van der Waals surface area (Å²) in [6.07, 6.45) is 0.158. The van der Waals surface area contributed by atoms with Crippen LogP contribution in [0.1, 0.15) is 28.0 Å². The largest absolute Gasteiger partial charge is 0.324 e. The Bertz CT molecular complexity index is 1130. The van der Waals surface area contributed by atoms with Crippen LogP contribution < -0.4 is 10.2 Å². The number of aliphatic imine (C=N–C) groups is 1. The normalized spacial score (nSPS) is 13.5. The number of nitrogens with zero attached hydrogens (tertiary/aromatic N) is 2. The van der Waals surface area contributed by atoms with E-state index >= 15 is 0 Å². The van der Waals surface area contributed by atoms with Gasteiger partial charge in [0.15, 0.2) is 0 Å². The molecule has 0 atom stereocenters. The van der Waals surface area contributed by atoms with Crippen LogP contribution in [0.5, 0.6) is 0 Å². The van der Waals surface area contributed by atoms with E-state index in [1.165, 1.54) is 4.90 Å². The van der Waals surface area contributed by atoms with Crippen LogP contribution >= 0.6 is 11.3 Å². The quantitative estimate of drug-likeness (QED) is 0.637. The first-order valence-corrected chi connectivity index (χ1v) is 10.7. The third-order valence-corrected chi connectivity index (χ3v) is 6.02. The molecule has 1 aliphatic heterocycles. The summed E-state index contributed by atoms with van der Waals surface area (Å²) in [7, 11) is 0. The molecule has 2 heterocycles. The molecule has 0 aliphatic carbocycles. The van der Waals surface area contributed by atoms with Gasteiger partial charge in [0.25, 0.3) is 0 Å². The summed E-state index contributed by atoms with van der Waals surface area (Å²) in [6, 6.07) is 15.4. The predicted octanol–water partition coefficient (Wildman–Crippen LogP) is 5.17. The molecule has 2 amide bonds. The highest BCUT2D eigenvalue weighted by atomic mass is 32.1. The number of hydrogen-bond donors (Lipinski definition) is 1. The maximum Gasteiger partial charge on any atom is 0.244 e. The number of benzene rings is 2. The molecular formula is C24H23N3O2S. The predicted molar refractivity (Wildman–Crippen MR) is 123 cm³/mol. The molecule has 1 aliphatic rings. The molecule has 0 saturated carbocycles. The van der Waals surface area contributed by atoms with Crippen LogP contribution in [0.25, 0.3) is 0 Å². The van der Waals surface area contributed by atoms with Gasteiger partial charge in [-0.3, -0.25) is 9.59 Å². The molecule has 0 saturated heterocycles. The molecule has 0 bridgehead atoms. The highest BCUT2D eigenvalue weighted by Gasteiger charge is 2.27. The molecule has 5 nitrogen and oxygen atoms in total. The first-order valence-electron chi connectivity index (χ1n) is 9.81. The van der Waals surface area contributed by atoms with Crippen molar-refractivity contribution in [2.24, 2.45) is 4.99 Å². The van der Waals surface area contributed by atoms with Crippen molar-refractivity contribution in [2.45, 2.75) is 27.2 Å². The van der Waals surface area contributed by atoms with E-state index in [-0.39, 0.29) is 24.8 Å². The zero-order valence-electron chi connectivity index (χ0n) is 17.2. The lowest BCUT2D eigenvalue weighted by atomic mass is 10.1. The van der Waals surface area contributed by atoms with Crippen molar-refractivity contribution in [2.75, 3.05) is 16.8 Å². The highest BCUT2D eigenvalue weighted by Crippen LogP contribution is 2.33. The molecule has 6 heteroatoms. The SMILES string of the molecule is Cc1cc(C)c(NC(=O)CN2C(=O)CC(c3cccs3)=Nc3ccccc32)c(C)c1. The van der Waals surface area contributed by atoms with Crippen molar-refractivity contribution in [1.29, 1.82) is 0 Å². The first kappa shape index (κ1) is 20.0. The smallest absolute Gasteiger partial charge is 0.244 e. The molecule has 4 rings (SSSR count). The average Bonchev–Trinajstić information content (AvgIpc) is 3.19. The second-order valence-electron chi connectivity index (χ2n) is 7.50. The lowest BCUT2D eigenvalue weighted by Gasteiger charge is -2.22. The molecular weight excluding hydrogens is 394 g/mol. The Morgan fingerprint density at radius 2 is 1.83 bits per heavy atom. The van der Waals surface area contributed by atoms with Crippen LogP contribution in [-0.2, 0) is 9.59 Å². The molecule has 0 fully saturated rings. The Labute approximate surface area is 180 Å². The van der Waals surface area contributed by atoms with Crippen molar-refractivity contribution in [1.82, 2.24) is 0 Å². The van der Waals surface area contributed by atoms with Gasteiger partial charge in [-0.2, -0.15) is 0 Å². The molecule has 2 aromatic carbocycles. The fourth-order valence-electron chi connectivity index (χ4n) is 3.80. The molecule has 3 aromatic rings. The van der Waals surface area contributed by atoms with Crippen molar-refractivity contribution in [3.05, 3.63) is 75.5 Å². The van der Waals surface area contributed by atoms with Gasteiger partial charge in [-0.15, -0.1) is 11.3 Å². The maximum atomic E-state index is 13.1. The number of aryl methyl sites for hydroxylation is 3. The van der Waals surface area contributed by atoms with Crippen LogP contribution in [0.15, 0.2) is 58.9 Å². The third-order valence-electron chi connectivity index (χ3n) is 5.10. The monoisotopic (exact) mass is 417 g/mol. The highest BCUT2D eigenvalue weighted by molar-refractivity contribution is 7.12. The van der Waals surface area contributed by atoms with Gasteiger partial charge in [-0.1, -0.05) is 35.9 Å². The van der Waals surface area contributed by atoms with Gasteiger partial charge in [0, 0.05) is 10.6 Å². The lowest BCUT2D eigenvalue weighted by Crippen LogP contribution is -2.38. The fourth-order valence-corrected chi connectivity index (χ4v) is 4.52. The van der Waals surface area contributed by atoms with Crippen molar-refractivity contribution >= 4 is 45.9 Å². The van der Waals surface area contributed by atoms with Gasteiger partial charge in [0.1, 0.15) is 6.54 Å². The average molecular weight is 418 g/mol. The summed E-state index contributed by atoms with van der Waals surface area (Å²) in [6.45, 7) is 5.92. The number of amides is 2. The van der Waals surface area contributed by atoms with E-state index in [0.29, 0.717) is 11.4 Å². The number of hydrogen-bond acceptors (Lipinski definition) is 4. The Hall–Kier alpha value is -3.25. The van der Waals surface area contributed by atoms with Gasteiger partial charge >= 0.3 is 0 Å². The van der Waals surface area contributed by atoms with Gasteiger partial charge in [0.2, 0.25) is 11.8 Å². The van der Waals surface area contributed by atoms with Crippen LogP contribution in [0, 0.1) is 20.8 Å². The van der Waals surface area contributed by atoms with Crippen LogP contribution in [0.4, 0.5) is 17.1 Å². The summed E-state index contributed by atoms with van der Waals surface area (Å²) >= 11 is 1.56. The second kappa shape index (κ2) is 8.24. The third kappa shape index (κ3) is 4.04. The van der Waals surface area contributed by atoms with Crippen molar-refractivity contribution in [3.8, 4) is 0 Å². The number of rotatable bonds is 4. The van der Waals surface area contributed by atoms with Crippen LogP contribution in [-0.4, -0.2) is 24.1 Å². The minimum absolute atomic E-state index is 0.0597. The number of anilines is 2. The van der Waals surface area contributed by atoms with E-state index in [2.05, 4.69) is 5.32 Å². The standard InChI is InChI=1S/C24H23N3O2S/c1-15-11-16(2)24(17(3)12-15)26-22(28)14-27-20-8-5-4-7-18(20)25-19(13-23(27)29)21-9-6-10-30-21/h4-12H,13-14H2,1-3H3,(H,26,28). The minimum Gasteiger partial charge on any atom is -0.324 e. The van der Waals surface area contributed by atoms with Gasteiger partial charge in [-0.25, -0.2) is 4.99 Å². The summed E-state index contributed by atoms with van der Waals surface area (Å²) in [4.78, 5) is 33.3.